The van der Waals surface area contributed by atoms with Crippen LogP contribution in [0.5, 0.6) is 0 Å². The van der Waals surface area contributed by atoms with Gasteiger partial charge in [-0.05, 0) is 18.6 Å². The molecule has 1 aliphatic heterocycles. The van der Waals surface area contributed by atoms with Crippen LogP contribution in [0, 0.1) is 0 Å². The highest BCUT2D eigenvalue weighted by Crippen LogP contribution is 2.30. The molecule has 0 unspecified atom stereocenters. The number of hydrogen-bond donors (Lipinski definition) is 0. The highest BCUT2D eigenvalue weighted by atomic mass is 15.1. The Hall–Kier alpha value is -1.31. The van der Waals surface area contributed by atoms with E-state index < -0.39 is 0 Å². The molecule has 2 aromatic rings. The van der Waals surface area contributed by atoms with Gasteiger partial charge in [0, 0.05) is 12.5 Å². The van der Waals surface area contributed by atoms with Gasteiger partial charge in [0.05, 0.1) is 11.0 Å². The first-order valence-corrected chi connectivity index (χ1v) is 4.81. The normalized spacial score (nSPS) is 20.8. The summed E-state index contributed by atoms with van der Waals surface area (Å²) < 4.78 is 2.35. The van der Waals surface area contributed by atoms with Crippen LogP contribution in [-0.2, 0) is 6.54 Å². The van der Waals surface area contributed by atoms with Gasteiger partial charge in [0.25, 0.3) is 0 Å². The lowest BCUT2D eigenvalue weighted by molar-refractivity contribution is 0.710. The molecule has 66 valence electrons. The van der Waals surface area contributed by atoms with Gasteiger partial charge in [-0.25, -0.2) is 4.98 Å². The summed E-state index contributed by atoms with van der Waals surface area (Å²) in [6.07, 6.45) is 1.24. The van der Waals surface area contributed by atoms with Gasteiger partial charge in [-0.1, -0.05) is 19.1 Å². The summed E-state index contributed by atoms with van der Waals surface area (Å²) in [5, 5.41) is 0. The van der Waals surface area contributed by atoms with Crippen LogP contribution in [-0.4, -0.2) is 9.55 Å². The second-order valence-corrected chi connectivity index (χ2v) is 3.80. The fourth-order valence-corrected chi connectivity index (χ4v) is 2.16. The smallest absolute Gasteiger partial charge is 0.112 e. The topological polar surface area (TPSA) is 17.8 Å². The van der Waals surface area contributed by atoms with Crippen molar-refractivity contribution in [2.45, 2.75) is 25.8 Å². The number of aromatic nitrogens is 2. The molecule has 1 aromatic carbocycles. The summed E-state index contributed by atoms with van der Waals surface area (Å²) in [6.45, 7) is 3.39. The lowest BCUT2D eigenvalue weighted by Gasteiger charge is -1.96. The highest BCUT2D eigenvalue weighted by Gasteiger charge is 2.21. The maximum Gasteiger partial charge on any atom is 0.112 e. The predicted octanol–water partition coefficient (Wildman–Crippen LogP) is 2.54. The summed E-state index contributed by atoms with van der Waals surface area (Å²) in [7, 11) is 0. The molecule has 1 atom stereocenters. The van der Waals surface area contributed by atoms with Crippen LogP contribution in [0.3, 0.4) is 0 Å². The Balaban J connectivity index is 2.38. The van der Waals surface area contributed by atoms with E-state index in [0.29, 0.717) is 5.92 Å². The molecule has 0 bridgehead atoms. The third kappa shape index (κ3) is 0.857. The third-order valence-electron chi connectivity index (χ3n) is 2.91. The monoisotopic (exact) mass is 172 g/mol. The Labute approximate surface area is 77.2 Å². The van der Waals surface area contributed by atoms with Crippen LogP contribution >= 0.6 is 0 Å². The molecule has 0 radical (unpaired) electrons. The standard InChI is InChI=1S/C11H12N2/c1-8-6-7-13-10-5-3-2-4-9(10)12-11(8)13/h2-5,8H,6-7H2,1H3/t8-/m1/s1. The number of para-hydroxylation sites is 2. The minimum atomic E-state index is 0.632. The zero-order valence-corrected chi connectivity index (χ0v) is 7.70. The molecule has 0 saturated carbocycles. The van der Waals surface area contributed by atoms with Crippen LogP contribution in [0.2, 0.25) is 0 Å². The van der Waals surface area contributed by atoms with E-state index in [1.807, 2.05) is 0 Å². The Morgan fingerprint density at radius 3 is 3.15 bits per heavy atom. The minimum absolute atomic E-state index is 0.632. The van der Waals surface area contributed by atoms with E-state index in [1.54, 1.807) is 0 Å². The second-order valence-electron chi connectivity index (χ2n) is 3.80. The third-order valence-corrected chi connectivity index (χ3v) is 2.91. The Bertz CT molecular complexity index is 456. The van der Waals surface area contributed by atoms with E-state index in [4.69, 9.17) is 0 Å². The molecule has 0 amide bonds. The molecule has 0 N–H and O–H groups in total. The van der Waals surface area contributed by atoms with Crippen molar-refractivity contribution in [2.75, 3.05) is 0 Å². The maximum atomic E-state index is 4.64. The first-order chi connectivity index (χ1) is 6.36. The van der Waals surface area contributed by atoms with Crippen LogP contribution in [0.4, 0.5) is 0 Å². The van der Waals surface area contributed by atoms with E-state index in [0.717, 1.165) is 12.1 Å². The van der Waals surface area contributed by atoms with E-state index >= 15 is 0 Å². The number of aryl methyl sites for hydroxylation is 1. The van der Waals surface area contributed by atoms with E-state index in [-0.39, 0.29) is 0 Å². The largest absolute Gasteiger partial charge is 0.328 e. The van der Waals surface area contributed by atoms with Gasteiger partial charge in [0.1, 0.15) is 5.82 Å². The van der Waals surface area contributed by atoms with Crippen LogP contribution in [0.25, 0.3) is 11.0 Å². The van der Waals surface area contributed by atoms with Gasteiger partial charge in [0.15, 0.2) is 0 Å². The number of hydrogen-bond acceptors (Lipinski definition) is 1. The fourth-order valence-electron chi connectivity index (χ4n) is 2.16. The van der Waals surface area contributed by atoms with Gasteiger partial charge in [-0.3, -0.25) is 0 Å². The lowest BCUT2D eigenvalue weighted by atomic mass is 10.1. The maximum absolute atomic E-state index is 4.64. The molecule has 13 heavy (non-hydrogen) atoms. The number of nitrogens with zero attached hydrogens (tertiary/aromatic N) is 2. The van der Waals surface area contributed by atoms with Crippen molar-refractivity contribution < 1.29 is 0 Å². The molecular formula is C11H12N2. The van der Waals surface area contributed by atoms with Crippen molar-refractivity contribution in [3.05, 3.63) is 30.1 Å². The van der Waals surface area contributed by atoms with Crippen molar-refractivity contribution in [2.24, 2.45) is 0 Å². The predicted molar refractivity (Wildman–Crippen MR) is 52.8 cm³/mol. The molecule has 1 aromatic heterocycles. The average Bonchev–Trinajstić information content (AvgIpc) is 2.67. The zero-order chi connectivity index (χ0) is 8.84. The molecule has 2 heteroatoms. The van der Waals surface area contributed by atoms with Crippen LogP contribution < -0.4 is 0 Å². The molecule has 2 heterocycles. The molecule has 3 rings (SSSR count). The summed E-state index contributed by atoms with van der Waals surface area (Å²) in [5.41, 5.74) is 2.44. The number of imidazole rings is 1. The van der Waals surface area contributed by atoms with Gasteiger partial charge in [-0.2, -0.15) is 0 Å². The molecule has 1 aliphatic rings. The number of fused-ring (bicyclic) bond motifs is 3. The molecule has 2 nitrogen and oxygen atoms in total. The van der Waals surface area contributed by atoms with Gasteiger partial charge < -0.3 is 4.57 Å². The van der Waals surface area contributed by atoms with E-state index in [9.17, 15) is 0 Å². The van der Waals surface area contributed by atoms with E-state index in [1.165, 1.54) is 17.8 Å². The SMILES string of the molecule is C[C@@H]1CCn2c1nc1ccccc12. The molecular weight excluding hydrogens is 160 g/mol. The van der Waals surface area contributed by atoms with Crippen LogP contribution in [0.1, 0.15) is 25.1 Å². The zero-order valence-electron chi connectivity index (χ0n) is 7.70. The first-order valence-electron chi connectivity index (χ1n) is 4.81. The number of rotatable bonds is 0. The van der Waals surface area contributed by atoms with Crippen molar-refractivity contribution in [1.29, 1.82) is 0 Å². The summed E-state index contributed by atoms with van der Waals surface area (Å²) in [6, 6.07) is 8.38. The lowest BCUT2D eigenvalue weighted by Crippen LogP contribution is -1.91. The van der Waals surface area contributed by atoms with Crippen LogP contribution in [0.15, 0.2) is 24.3 Å². The Morgan fingerprint density at radius 2 is 2.23 bits per heavy atom. The minimum Gasteiger partial charge on any atom is -0.328 e. The molecule has 0 fully saturated rings. The quantitative estimate of drug-likeness (QED) is 0.597. The van der Waals surface area contributed by atoms with Crippen molar-refractivity contribution >= 4 is 11.0 Å². The van der Waals surface area contributed by atoms with E-state index in [2.05, 4.69) is 40.7 Å². The Kier molecular flexibility index (Phi) is 1.29. The summed E-state index contributed by atoms with van der Waals surface area (Å²) in [5.74, 6) is 1.90. The van der Waals surface area contributed by atoms with Gasteiger partial charge >= 0.3 is 0 Å². The second kappa shape index (κ2) is 2.34. The Morgan fingerprint density at radius 1 is 1.38 bits per heavy atom. The van der Waals surface area contributed by atoms with Crippen molar-refractivity contribution in [3.63, 3.8) is 0 Å². The summed E-state index contributed by atoms with van der Waals surface area (Å²) in [4.78, 5) is 4.64. The average molecular weight is 172 g/mol. The molecule has 0 spiro atoms. The molecule has 0 saturated heterocycles. The van der Waals surface area contributed by atoms with Gasteiger partial charge in [-0.15, -0.1) is 0 Å². The number of benzene rings is 1. The fraction of sp³-hybridized carbons (Fsp3) is 0.364. The van der Waals surface area contributed by atoms with Crippen molar-refractivity contribution in [3.8, 4) is 0 Å². The van der Waals surface area contributed by atoms with Gasteiger partial charge in [0.2, 0.25) is 0 Å². The highest BCUT2D eigenvalue weighted by molar-refractivity contribution is 5.76. The first kappa shape index (κ1) is 7.13. The molecule has 0 aliphatic carbocycles. The van der Waals surface area contributed by atoms with Crippen molar-refractivity contribution in [1.82, 2.24) is 9.55 Å². The summed E-state index contributed by atoms with van der Waals surface area (Å²) >= 11 is 0.